The minimum atomic E-state index is -0.385. The first-order valence-electron chi connectivity index (χ1n) is 9.61. The van der Waals surface area contributed by atoms with Crippen molar-refractivity contribution in [3.63, 3.8) is 0 Å². The molecule has 3 rings (SSSR count). The molecule has 0 radical (unpaired) electrons. The van der Waals surface area contributed by atoms with Crippen molar-refractivity contribution in [1.82, 2.24) is 0 Å². The molecule has 2 N–H and O–H groups in total. The lowest BCUT2D eigenvalue weighted by Gasteiger charge is -2.34. The van der Waals surface area contributed by atoms with Gasteiger partial charge in [-0.3, -0.25) is 4.79 Å². The number of esters is 1. The second kappa shape index (κ2) is 8.89. The number of quaternary nitrogens is 1. The number of benzene rings is 2. The van der Waals surface area contributed by atoms with E-state index in [1.165, 1.54) is 28.8 Å². The largest absolute Gasteiger partial charge is 0.465 e. The van der Waals surface area contributed by atoms with Gasteiger partial charge in [0.1, 0.15) is 0 Å². The van der Waals surface area contributed by atoms with Gasteiger partial charge in [0.05, 0.1) is 38.9 Å². The highest BCUT2D eigenvalue weighted by Crippen LogP contribution is 2.22. The van der Waals surface area contributed by atoms with Gasteiger partial charge in [-0.1, -0.05) is 12.1 Å². The van der Waals surface area contributed by atoms with Crippen LogP contribution >= 0.6 is 0 Å². The number of nitrogens with one attached hydrogen (secondary N) is 2. The summed E-state index contributed by atoms with van der Waals surface area (Å²) < 4.78 is 4.68. The zero-order valence-corrected chi connectivity index (χ0v) is 16.7. The minimum absolute atomic E-state index is 0.0130. The van der Waals surface area contributed by atoms with Gasteiger partial charge in [0.25, 0.3) is 5.91 Å². The molecular weight excluding hydrogens is 354 g/mol. The lowest BCUT2D eigenvalue weighted by atomic mass is 10.1. The van der Waals surface area contributed by atoms with Crippen LogP contribution in [0.3, 0.4) is 0 Å². The number of ether oxygens (including phenoxy) is 1. The fourth-order valence-corrected chi connectivity index (χ4v) is 3.56. The van der Waals surface area contributed by atoms with Crippen LogP contribution in [0.15, 0.2) is 42.5 Å². The van der Waals surface area contributed by atoms with Crippen molar-refractivity contribution in [2.75, 3.05) is 50.1 Å². The number of anilines is 2. The Hall–Kier alpha value is -2.86. The zero-order valence-electron chi connectivity index (χ0n) is 16.7. The number of rotatable bonds is 5. The molecule has 6 heteroatoms. The Labute approximate surface area is 166 Å². The quantitative estimate of drug-likeness (QED) is 0.768. The van der Waals surface area contributed by atoms with Crippen molar-refractivity contribution in [1.29, 1.82) is 0 Å². The van der Waals surface area contributed by atoms with E-state index >= 15 is 0 Å². The molecule has 1 heterocycles. The molecule has 0 aromatic heterocycles. The predicted molar refractivity (Wildman–Crippen MR) is 110 cm³/mol. The molecule has 0 atom stereocenters. The van der Waals surface area contributed by atoms with Gasteiger partial charge in [0.15, 0.2) is 6.54 Å². The lowest BCUT2D eigenvalue weighted by Crippen LogP contribution is -3.15. The molecule has 0 bridgehead atoms. The Morgan fingerprint density at radius 3 is 2.39 bits per heavy atom. The van der Waals surface area contributed by atoms with Gasteiger partial charge in [-0.05, 0) is 55.3 Å². The molecule has 2 aromatic carbocycles. The molecular formula is C22H28N3O3+. The molecule has 1 aliphatic rings. The molecule has 2 aromatic rings. The summed E-state index contributed by atoms with van der Waals surface area (Å²) in [5.41, 5.74) is 5.10. The zero-order chi connectivity index (χ0) is 20.1. The SMILES string of the molecule is COC(=O)c1ccc(NC(=O)C[NH+]2CCN(c3cccc(C)c3C)CC2)cc1. The third-order valence-corrected chi connectivity index (χ3v) is 5.39. The van der Waals surface area contributed by atoms with Crippen molar-refractivity contribution in [2.45, 2.75) is 13.8 Å². The highest BCUT2D eigenvalue weighted by Gasteiger charge is 2.23. The van der Waals surface area contributed by atoms with Gasteiger partial charge in [-0.2, -0.15) is 0 Å². The second-order valence-corrected chi connectivity index (χ2v) is 7.25. The summed E-state index contributed by atoms with van der Waals surface area (Å²) >= 11 is 0. The summed E-state index contributed by atoms with van der Waals surface area (Å²) in [6, 6.07) is 13.2. The lowest BCUT2D eigenvalue weighted by molar-refractivity contribution is -0.892. The Balaban J connectivity index is 1.50. The Morgan fingerprint density at radius 1 is 1.07 bits per heavy atom. The number of piperazine rings is 1. The van der Waals surface area contributed by atoms with Crippen LogP contribution in [0.4, 0.5) is 11.4 Å². The van der Waals surface area contributed by atoms with Crippen LogP contribution in [0.5, 0.6) is 0 Å². The summed E-state index contributed by atoms with van der Waals surface area (Å²) in [6.45, 7) is 8.51. The normalized spacial score (nSPS) is 14.6. The molecule has 0 unspecified atom stereocenters. The van der Waals surface area contributed by atoms with E-state index < -0.39 is 0 Å². The average Bonchev–Trinajstić information content (AvgIpc) is 2.71. The number of methoxy groups -OCH3 is 1. The molecule has 0 aliphatic carbocycles. The van der Waals surface area contributed by atoms with E-state index in [9.17, 15) is 9.59 Å². The maximum Gasteiger partial charge on any atom is 0.337 e. The number of carbonyl (C=O) groups is 2. The Kier molecular flexibility index (Phi) is 6.31. The van der Waals surface area contributed by atoms with Crippen LogP contribution in [0.2, 0.25) is 0 Å². The fourth-order valence-electron chi connectivity index (χ4n) is 3.56. The van der Waals surface area contributed by atoms with Crippen molar-refractivity contribution < 1.29 is 19.2 Å². The van der Waals surface area contributed by atoms with Crippen molar-refractivity contribution in [2.24, 2.45) is 0 Å². The molecule has 1 fully saturated rings. The summed E-state index contributed by atoms with van der Waals surface area (Å²) in [5, 5.41) is 2.91. The van der Waals surface area contributed by atoms with Crippen molar-refractivity contribution >= 4 is 23.3 Å². The van der Waals surface area contributed by atoms with Crippen LogP contribution < -0.4 is 15.1 Å². The van der Waals surface area contributed by atoms with Gasteiger partial charge < -0.3 is 19.9 Å². The van der Waals surface area contributed by atoms with Crippen LogP contribution in [-0.4, -0.2) is 51.7 Å². The summed E-state index contributed by atoms with van der Waals surface area (Å²) in [5.74, 6) is -0.398. The topological polar surface area (TPSA) is 63.1 Å². The molecule has 28 heavy (non-hydrogen) atoms. The molecule has 0 saturated carbocycles. The number of aryl methyl sites for hydroxylation is 1. The van der Waals surface area contributed by atoms with Gasteiger partial charge in [-0.15, -0.1) is 0 Å². The first-order valence-corrected chi connectivity index (χ1v) is 9.61. The van der Waals surface area contributed by atoms with Crippen LogP contribution in [0.1, 0.15) is 21.5 Å². The molecule has 1 amide bonds. The summed E-state index contributed by atoms with van der Waals surface area (Å²) in [6.07, 6.45) is 0. The fraction of sp³-hybridized carbons (Fsp3) is 0.364. The molecule has 1 aliphatic heterocycles. The van der Waals surface area contributed by atoms with E-state index in [2.05, 4.69) is 47.0 Å². The van der Waals surface area contributed by atoms with E-state index in [0.717, 1.165) is 26.2 Å². The smallest absolute Gasteiger partial charge is 0.337 e. The molecule has 6 nitrogen and oxygen atoms in total. The van der Waals surface area contributed by atoms with Gasteiger partial charge in [0, 0.05) is 11.4 Å². The average molecular weight is 382 g/mol. The van der Waals surface area contributed by atoms with Crippen LogP contribution in [0.25, 0.3) is 0 Å². The van der Waals surface area contributed by atoms with Gasteiger partial charge >= 0.3 is 5.97 Å². The van der Waals surface area contributed by atoms with E-state index in [4.69, 9.17) is 0 Å². The monoisotopic (exact) mass is 382 g/mol. The van der Waals surface area contributed by atoms with Crippen molar-refractivity contribution in [3.05, 3.63) is 59.2 Å². The Bertz CT molecular complexity index is 841. The third kappa shape index (κ3) is 4.70. The van der Waals surface area contributed by atoms with Gasteiger partial charge in [0.2, 0.25) is 0 Å². The minimum Gasteiger partial charge on any atom is -0.465 e. The standard InChI is InChI=1S/C22H27N3O3/c1-16-5-4-6-20(17(16)2)25-13-11-24(12-14-25)15-21(26)23-19-9-7-18(8-10-19)22(27)28-3/h4-10H,11-15H2,1-3H3,(H,23,26)/p+1. The van der Waals surface area contributed by atoms with Crippen molar-refractivity contribution in [3.8, 4) is 0 Å². The van der Waals surface area contributed by atoms with E-state index in [1.54, 1.807) is 24.3 Å². The van der Waals surface area contributed by atoms with Crippen LogP contribution in [0, 0.1) is 13.8 Å². The number of hydrogen-bond acceptors (Lipinski definition) is 4. The number of amides is 1. The number of hydrogen-bond donors (Lipinski definition) is 2. The second-order valence-electron chi connectivity index (χ2n) is 7.25. The van der Waals surface area contributed by atoms with Crippen LogP contribution in [-0.2, 0) is 9.53 Å². The van der Waals surface area contributed by atoms with E-state index in [-0.39, 0.29) is 11.9 Å². The van der Waals surface area contributed by atoms with Gasteiger partial charge in [-0.25, -0.2) is 4.79 Å². The predicted octanol–water partition coefficient (Wildman–Crippen LogP) is 1.43. The Morgan fingerprint density at radius 2 is 1.75 bits per heavy atom. The third-order valence-electron chi connectivity index (χ3n) is 5.39. The molecule has 1 saturated heterocycles. The highest BCUT2D eigenvalue weighted by molar-refractivity contribution is 5.93. The maximum atomic E-state index is 12.4. The summed E-state index contributed by atoms with van der Waals surface area (Å²) in [7, 11) is 1.35. The number of carbonyl (C=O) groups excluding carboxylic acids is 2. The summed E-state index contributed by atoms with van der Waals surface area (Å²) in [4.78, 5) is 27.5. The van der Waals surface area contributed by atoms with E-state index in [1.807, 2.05) is 0 Å². The molecule has 0 spiro atoms. The maximum absolute atomic E-state index is 12.4. The first kappa shape index (κ1) is 19.9. The highest BCUT2D eigenvalue weighted by atomic mass is 16.5. The first-order chi connectivity index (χ1) is 13.5. The molecule has 148 valence electrons. The number of nitrogens with zero attached hydrogens (tertiary/aromatic N) is 1. The van der Waals surface area contributed by atoms with E-state index in [0.29, 0.717) is 17.8 Å².